The molecule has 3 aromatic rings. The van der Waals surface area contributed by atoms with Crippen molar-refractivity contribution in [1.82, 2.24) is 29.7 Å². The van der Waals surface area contributed by atoms with Gasteiger partial charge in [0.25, 0.3) is 0 Å². The first-order valence-corrected chi connectivity index (χ1v) is 14.7. The first kappa shape index (κ1) is 26.4. The minimum atomic E-state index is -1.24. The predicted octanol–water partition coefficient (Wildman–Crippen LogP) is 4.06. The summed E-state index contributed by atoms with van der Waals surface area (Å²) in [6, 6.07) is 0.237. The van der Waals surface area contributed by atoms with E-state index in [1.54, 1.807) is 10.9 Å². The summed E-state index contributed by atoms with van der Waals surface area (Å²) in [7, 11) is 0. The van der Waals surface area contributed by atoms with Gasteiger partial charge in [0.15, 0.2) is 29.3 Å². The topological polar surface area (TPSA) is 156 Å². The van der Waals surface area contributed by atoms with Crippen LogP contribution in [0.3, 0.4) is 0 Å². The second-order valence-corrected chi connectivity index (χ2v) is 11.3. The van der Waals surface area contributed by atoms with Crippen molar-refractivity contribution < 1.29 is 19.4 Å². The summed E-state index contributed by atoms with van der Waals surface area (Å²) in [5.74, 6) is 2.90. The molecule has 4 atom stereocenters. The molecule has 2 saturated carbocycles. The molecular weight excluding hydrogens is 500 g/mol. The maximum Gasteiger partial charge on any atom is 0.248 e. The number of nitrogens with one attached hydrogen (secondary N) is 2. The lowest BCUT2D eigenvalue weighted by Gasteiger charge is -2.22. The summed E-state index contributed by atoms with van der Waals surface area (Å²) in [5.41, 5.74) is 1.10. The van der Waals surface area contributed by atoms with E-state index in [0.29, 0.717) is 28.8 Å². The Balaban J connectivity index is 1.27. The Morgan fingerprint density at radius 2 is 1.77 bits per heavy atom. The summed E-state index contributed by atoms with van der Waals surface area (Å²) >= 11 is 0. The molecule has 3 aromatic heterocycles. The van der Waals surface area contributed by atoms with Gasteiger partial charge in [-0.1, -0.05) is 46.0 Å². The van der Waals surface area contributed by atoms with Crippen LogP contribution in [0, 0.1) is 5.92 Å². The first-order chi connectivity index (χ1) is 19.1. The summed E-state index contributed by atoms with van der Waals surface area (Å²) in [6.07, 6.45) is 8.79. The van der Waals surface area contributed by atoms with Gasteiger partial charge in [-0.25, -0.2) is 4.98 Å². The summed E-state index contributed by atoms with van der Waals surface area (Å²) in [4.78, 5) is 14.2. The van der Waals surface area contributed by atoms with Gasteiger partial charge < -0.3 is 30.0 Å². The van der Waals surface area contributed by atoms with E-state index in [0.717, 1.165) is 44.6 Å². The van der Waals surface area contributed by atoms with Crippen LogP contribution in [0.25, 0.3) is 11.2 Å². The second-order valence-electron chi connectivity index (χ2n) is 11.3. The summed E-state index contributed by atoms with van der Waals surface area (Å²) in [5, 5.41) is 37.0. The molecule has 0 aromatic carbocycles. The van der Waals surface area contributed by atoms with Crippen molar-refractivity contribution in [2.75, 3.05) is 17.2 Å². The average molecular weight is 541 g/mol. The fourth-order valence-corrected chi connectivity index (χ4v) is 5.78. The van der Waals surface area contributed by atoms with E-state index < -0.39 is 24.5 Å². The molecule has 12 heteroatoms. The van der Waals surface area contributed by atoms with Gasteiger partial charge in [-0.05, 0) is 38.0 Å². The third kappa shape index (κ3) is 5.46. The highest BCUT2D eigenvalue weighted by Crippen LogP contribution is 2.43. The van der Waals surface area contributed by atoms with Crippen molar-refractivity contribution in [3.63, 3.8) is 0 Å². The number of aliphatic hydroxyl groups excluding tert-OH is 2. The van der Waals surface area contributed by atoms with Gasteiger partial charge >= 0.3 is 0 Å². The van der Waals surface area contributed by atoms with Crippen LogP contribution in [0.15, 0.2) is 10.7 Å². The van der Waals surface area contributed by atoms with E-state index in [4.69, 9.17) is 19.1 Å². The predicted molar refractivity (Wildman–Crippen MR) is 144 cm³/mol. The molecule has 0 bridgehead atoms. The molecule has 0 radical (unpaired) electrons. The molecule has 4 N–H and O–H groups in total. The van der Waals surface area contributed by atoms with Crippen molar-refractivity contribution in [1.29, 1.82) is 0 Å². The van der Waals surface area contributed by atoms with Crippen molar-refractivity contribution >= 4 is 22.9 Å². The van der Waals surface area contributed by atoms with Crippen LogP contribution in [0.4, 0.5) is 11.8 Å². The van der Waals surface area contributed by atoms with E-state index in [9.17, 15) is 10.2 Å². The lowest BCUT2D eigenvalue weighted by Crippen LogP contribution is -2.29. The van der Waals surface area contributed by atoms with E-state index >= 15 is 0 Å². The zero-order chi connectivity index (χ0) is 26.9. The molecule has 3 fully saturated rings. The number of hydrogen-bond donors (Lipinski definition) is 4. The van der Waals surface area contributed by atoms with Crippen molar-refractivity contribution in [3.05, 3.63) is 18.1 Å². The zero-order valence-electron chi connectivity index (χ0n) is 22.8. The maximum absolute atomic E-state index is 11.0. The van der Waals surface area contributed by atoms with Gasteiger partial charge in [0.2, 0.25) is 17.7 Å². The number of imidazole rings is 1. The Bertz CT molecular complexity index is 1250. The molecular formula is C27H40N8O4. The lowest BCUT2D eigenvalue weighted by molar-refractivity contribution is -0.0439. The standard InChI is InChI=1S/C27H40N8O4/c1-3-17(4-2)30-22-18-23(32-27(31-22)28-13-12-15-8-6-5-7-9-15)35(14-29-18)26-20(37)19(36)21(38-26)25-34-33-24(39-25)16-10-11-16/h14-17,19-21,26,36-37H,3-13H2,1-2H3,(H2,28,30,31,32)/t19-,20+,21-,26+/m0/s1. The molecule has 3 aliphatic rings. The number of hydrogen-bond acceptors (Lipinski definition) is 11. The second kappa shape index (κ2) is 11.3. The van der Waals surface area contributed by atoms with E-state index in [1.807, 2.05) is 0 Å². The summed E-state index contributed by atoms with van der Waals surface area (Å²) in [6.45, 7) is 5.06. The fraction of sp³-hybridized carbons (Fsp3) is 0.741. The van der Waals surface area contributed by atoms with Crippen molar-refractivity contribution in [2.24, 2.45) is 5.92 Å². The number of anilines is 2. The number of fused-ring (bicyclic) bond motifs is 1. The molecule has 39 heavy (non-hydrogen) atoms. The maximum atomic E-state index is 11.0. The minimum Gasteiger partial charge on any atom is -0.422 e. The normalized spacial score (nSPS) is 26.1. The zero-order valence-corrected chi connectivity index (χ0v) is 22.8. The molecule has 0 unspecified atom stereocenters. The van der Waals surface area contributed by atoms with Crippen LogP contribution >= 0.6 is 0 Å². The number of aliphatic hydroxyl groups is 2. The molecule has 2 aliphatic carbocycles. The highest BCUT2D eigenvalue weighted by atomic mass is 16.6. The van der Waals surface area contributed by atoms with E-state index in [1.165, 1.54) is 32.1 Å². The van der Waals surface area contributed by atoms with Crippen LogP contribution < -0.4 is 10.6 Å². The van der Waals surface area contributed by atoms with Crippen LogP contribution in [0.5, 0.6) is 0 Å². The van der Waals surface area contributed by atoms with Gasteiger partial charge in [0.05, 0.1) is 6.33 Å². The number of aromatic nitrogens is 6. The molecule has 212 valence electrons. The minimum absolute atomic E-state index is 0.172. The average Bonchev–Trinajstić information content (AvgIpc) is 3.42. The molecule has 6 rings (SSSR count). The van der Waals surface area contributed by atoms with Gasteiger partial charge in [0, 0.05) is 18.5 Å². The largest absolute Gasteiger partial charge is 0.422 e. The monoisotopic (exact) mass is 540 g/mol. The highest BCUT2D eigenvalue weighted by molar-refractivity contribution is 5.84. The van der Waals surface area contributed by atoms with Gasteiger partial charge in [0.1, 0.15) is 12.2 Å². The molecule has 12 nitrogen and oxygen atoms in total. The third-order valence-electron chi connectivity index (χ3n) is 8.45. The molecule has 4 heterocycles. The van der Waals surface area contributed by atoms with Crippen LogP contribution in [-0.4, -0.2) is 64.7 Å². The number of rotatable bonds is 11. The van der Waals surface area contributed by atoms with Gasteiger partial charge in [-0.15, -0.1) is 10.2 Å². The highest BCUT2D eigenvalue weighted by Gasteiger charge is 2.48. The molecule has 0 spiro atoms. The van der Waals surface area contributed by atoms with Crippen LogP contribution in [0.1, 0.15) is 108 Å². The van der Waals surface area contributed by atoms with Gasteiger partial charge in [-0.2, -0.15) is 9.97 Å². The Morgan fingerprint density at radius 1 is 1.00 bits per heavy atom. The Labute approximate surface area is 228 Å². The Kier molecular flexibility index (Phi) is 7.68. The summed E-state index contributed by atoms with van der Waals surface area (Å²) < 4.78 is 13.6. The number of nitrogens with zero attached hydrogens (tertiary/aromatic N) is 6. The third-order valence-corrected chi connectivity index (χ3v) is 8.45. The van der Waals surface area contributed by atoms with Crippen LogP contribution in [0.2, 0.25) is 0 Å². The van der Waals surface area contributed by atoms with E-state index in [-0.39, 0.29) is 17.9 Å². The first-order valence-electron chi connectivity index (χ1n) is 14.7. The Morgan fingerprint density at radius 3 is 2.51 bits per heavy atom. The molecule has 1 aliphatic heterocycles. The molecule has 0 amide bonds. The molecule has 1 saturated heterocycles. The quantitative estimate of drug-likeness (QED) is 0.278. The van der Waals surface area contributed by atoms with Crippen LogP contribution in [-0.2, 0) is 4.74 Å². The van der Waals surface area contributed by atoms with E-state index in [2.05, 4.69) is 39.7 Å². The van der Waals surface area contributed by atoms with Crippen molar-refractivity contribution in [3.8, 4) is 0 Å². The smallest absolute Gasteiger partial charge is 0.248 e. The lowest BCUT2D eigenvalue weighted by atomic mass is 9.87. The van der Waals surface area contributed by atoms with Crippen molar-refractivity contribution in [2.45, 2.75) is 115 Å². The number of ether oxygens (including phenoxy) is 1. The fourth-order valence-electron chi connectivity index (χ4n) is 5.78. The van der Waals surface area contributed by atoms with Gasteiger partial charge in [-0.3, -0.25) is 4.57 Å². The SMILES string of the molecule is CCC(CC)Nc1nc(NCCC2CCCCC2)nc2c1ncn2[C@@H]1O[C@H](c2nnc(C3CC3)o2)[C@@H](O)[C@H]1O. The Hall–Kier alpha value is -2.83.